The van der Waals surface area contributed by atoms with E-state index in [0.29, 0.717) is 0 Å². The van der Waals surface area contributed by atoms with E-state index in [2.05, 4.69) is 0 Å². The maximum absolute atomic E-state index is 5.71. The molecule has 0 amide bonds. The minimum Gasteiger partial charge on any atom is -0.459 e. The van der Waals surface area contributed by atoms with Gasteiger partial charge in [0.05, 0.1) is 6.04 Å². The summed E-state index contributed by atoms with van der Waals surface area (Å²) in [6.45, 7) is 1.91. The van der Waals surface area contributed by atoms with Crippen LogP contribution in [0.4, 0.5) is 0 Å². The van der Waals surface area contributed by atoms with E-state index in [1.54, 1.807) is 0 Å². The molecule has 1 aromatic carbocycles. The summed E-state index contributed by atoms with van der Waals surface area (Å²) in [6.07, 6.45) is 0. The van der Waals surface area contributed by atoms with Crippen LogP contribution in [0.2, 0.25) is 0 Å². The number of hydrogen-bond donors (Lipinski definition) is 1. The maximum atomic E-state index is 5.71. The van der Waals surface area contributed by atoms with Crippen molar-refractivity contribution >= 4 is 0 Å². The molecule has 0 saturated carbocycles. The van der Waals surface area contributed by atoms with Gasteiger partial charge < -0.3 is 10.2 Å². The minimum atomic E-state index is -0.0486. The first-order chi connectivity index (χ1) is 6.77. The van der Waals surface area contributed by atoms with Crippen molar-refractivity contribution in [2.24, 2.45) is 5.73 Å². The third-order valence-electron chi connectivity index (χ3n) is 2.13. The smallest absolute Gasteiger partial charge is 0.134 e. The van der Waals surface area contributed by atoms with Crippen LogP contribution < -0.4 is 5.73 Å². The van der Waals surface area contributed by atoms with Gasteiger partial charge in [0.1, 0.15) is 11.5 Å². The first-order valence-corrected chi connectivity index (χ1v) is 4.68. The lowest BCUT2D eigenvalue weighted by molar-refractivity contribution is 0.491. The molecule has 0 aliphatic heterocycles. The lowest BCUT2D eigenvalue weighted by atomic mass is 10.2. The predicted octanol–water partition coefficient (Wildman–Crippen LogP) is 2.97. The summed E-state index contributed by atoms with van der Waals surface area (Å²) in [7, 11) is 0. The van der Waals surface area contributed by atoms with Gasteiger partial charge in [0.2, 0.25) is 0 Å². The van der Waals surface area contributed by atoms with Crippen LogP contribution in [-0.4, -0.2) is 0 Å². The zero-order valence-corrected chi connectivity index (χ0v) is 8.10. The Hall–Kier alpha value is -1.54. The van der Waals surface area contributed by atoms with E-state index in [1.165, 1.54) is 0 Å². The van der Waals surface area contributed by atoms with E-state index < -0.39 is 0 Å². The number of benzene rings is 1. The second-order valence-corrected chi connectivity index (χ2v) is 3.36. The van der Waals surface area contributed by atoms with Gasteiger partial charge in [0.15, 0.2) is 0 Å². The highest BCUT2D eigenvalue weighted by atomic mass is 16.3. The van der Waals surface area contributed by atoms with Gasteiger partial charge in [-0.25, -0.2) is 0 Å². The molecule has 0 radical (unpaired) electrons. The van der Waals surface area contributed by atoms with Gasteiger partial charge in [0.25, 0.3) is 0 Å². The number of rotatable bonds is 2. The molecule has 1 unspecified atom stereocenters. The molecule has 1 heterocycles. The van der Waals surface area contributed by atoms with Crippen molar-refractivity contribution in [3.05, 3.63) is 48.2 Å². The van der Waals surface area contributed by atoms with Gasteiger partial charge in [-0.2, -0.15) is 0 Å². The van der Waals surface area contributed by atoms with Gasteiger partial charge >= 0.3 is 0 Å². The Kier molecular flexibility index (Phi) is 2.37. The van der Waals surface area contributed by atoms with Crippen LogP contribution in [0.25, 0.3) is 11.3 Å². The zero-order chi connectivity index (χ0) is 9.97. The minimum absolute atomic E-state index is 0.0486. The standard InChI is InChI=1S/C12H13NO/c1-9(13)11-7-8-12(14-11)10-5-3-2-4-6-10/h2-9H,13H2,1H3. The largest absolute Gasteiger partial charge is 0.459 e. The molecule has 2 aromatic rings. The Balaban J connectivity index is 2.34. The molecule has 0 saturated heterocycles. The third kappa shape index (κ3) is 1.70. The van der Waals surface area contributed by atoms with Crippen molar-refractivity contribution in [3.63, 3.8) is 0 Å². The van der Waals surface area contributed by atoms with Crippen molar-refractivity contribution in [2.75, 3.05) is 0 Å². The van der Waals surface area contributed by atoms with Gasteiger partial charge in [-0.3, -0.25) is 0 Å². The molecule has 0 aliphatic carbocycles. The second-order valence-electron chi connectivity index (χ2n) is 3.36. The number of nitrogens with two attached hydrogens (primary N) is 1. The lowest BCUT2D eigenvalue weighted by Gasteiger charge is -1.99. The molecule has 14 heavy (non-hydrogen) atoms. The van der Waals surface area contributed by atoms with Crippen molar-refractivity contribution in [2.45, 2.75) is 13.0 Å². The van der Waals surface area contributed by atoms with E-state index in [0.717, 1.165) is 17.1 Å². The quantitative estimate of drug-likeness (QED) is 0.785. The highest BCUT2D eigenvalue weighted by Crippen LogP contribution is 2.23. The van der Waals surface area contributed by atoms with E-state index in [4.69, 9.17) is 10.2 Å². The predicted molar refractivity (Wildman–Crippen MR) is 56.7 cm³/mol. The molecule has 1 atom stereocenters. The van der Waals surface area contributed by atoms with Crippen LogP contribution in [0.1, 0.15) is 18.7 Å². The van der Waals surface area contributed by atoms with E-state index in [-0.39, 0.29) is 6.04 Å². The molecule has 0 bridgehead atoms. The van der Waals surface area contributed by atoms with Crippen LogP contribution >= 0.6 is 0 Å². The molecule has 72 valence electrons. The summed E-state index contributed by atoms with van der Waals surface area (Å²) in [5.41, 5.74) is 6.79. The Morgan fingerprint density at radius 3 is 2.36 bits per heavy atom. The Morgan fingerprint density at radius 2 is 1.79 bits per heavy atom. The normalized spacial score (nSPS) is 12.7. The third-order valence-corrected chi connectivity index (χ3v) is 2.13. The summed E-state index contributed by atoms with van der Waals surface area (Å²) >= 11 is 0. The molecule has 1 aromatic heterocycles. The van der Waals surface area contributed by atoms with Crippen molar-refractivity contribution in [3.8, 4) is 11.3 Å². The van der Waals surface area contributed by atoms with E-state index in [9.17, 15) is 0 Å². The molecular weight excluding hydrogens is 174 g/mol. The number of hydrogen-bond acceptors (Lipinski definition) is 2. The molecule has 2 nitrogen and oxygen atoms in total. The Bertz CT molecular complexity index is 403. The van der Waals surface area contributed by atoms with Gasteiger partial charge in [-0.15, -0.1) is 0 Å². The highest BCUT2D eigenvalue weighted by Gasteiger charge is 2.06. The van der Waals surface area contributed by atoms with Gasteiger partial charge in [-0.1, -0.05) is 30.3 Å². The molecular formula is C12H13NO. The number of furan rings is 1. The summed E-state index contributed by atoms with van der Waals surface area (Å²) < 4.78 is 5.61. The average Bonchev–Trinajstić information content (AvgIpc) is 2.68. The Morgan fingerprint density at radius 1 is 1.07 bits per heavy atom. The fourth-order valence-corrected chi connectivity index (χ4v) is 1.36. The van der Waals surface area contributed by atoms with Crippen LogP contribution in [0.5, 0.6) is 0 Å². The molecule has 2 rings (SSSR count). The summed E-state index contributed by atoms with van der Waals surface area (Å²) in [6, 6.07) is 13.8. The Labute approximate surface area is 83.4 Å². The van der Waals surface area contributed by atoms with Crippen LogP contribution in [0.15, 0.2) is 46.9 Å². The fourth-order valence-electron chi connectivity index (χ4n) is 1.36. The van der Waals surface area contributed by atoms with E-state index in [1.807, 2.05) is 49.4 Å². The van der Waals surface area contributed by atoms with Gasteiger partial charge in [-0.05, 0) is 19.1 Å². The second kappa shape index (κ2) is 3.68. The highest BCUT2D eigenvalue weighted by molar-refractivity contribution is 5.57. The van der Waals surface area contributed by atoms with Crippen LogP contribution in [0, 0.1) is 0 Å². The van der Waals surface area contributed by atoms with Crippen LogP contribution in [-0.2, 0) is 0 Å². The van der Waals surface area contributed by atoms with Crippen molar-refractivity contribution in [1.29, 1.82) is 0 Å². The molecule has 2 N–H and O–H groups in total. The van der Waals surface area contributed by atoms with Crippen molar-refractivity contribution < 1.29 is 4.42 Å². The zero-order valence-electron chi connectivity index (χ0n) is 8.10. The summed E-state index contributed by atoms with van der Waals surface area (Å²) in [5.74, 6) is 1.70. The first kappa shape index (κ1) is 9.03. The average molecular weight is 187 g/mol. The topological polar surface area (TPSA) is 39.2 Å². The fraction of sp³-hybridized carbons (Fsp3) is 0.167. The first-order valence-electron chi connectivity index (χ1n) is 4.68. The molecule has 2 heteroatoms. The summed E-state index contributed by atoms with van der Waals surface area (Å²) in [4.78, 5) is 0. The lowest BCUT2D eigenvalue weighted by Crippen LogP contribution is -2.02. The van der Waals surface area contributed by atoms with Gasteiger partial charge in [0, 0.05) is 5.56 Å². The monoisotopic (exact) mass is 187 g/mol. The molecule has 0 aliphatic rings. The van der Waals surface area contributed by atoms with E-state index >= 15 is 0 Å². The maximum Gasteiger partial charge on any atom is 0.134 e. The summed E-state index contributed by atoms with van der Waals surface area (Å²) in [5, 5.41) is 0. The molecule has 0 spiro atoms. The SMILES string of the molecule is CC(N)c1ccc(-c2ccccc2)o1. The van der Waals surface area contributed by atoms with Crippen molar-refractivity contribution in [1.82, 2.24) is 0 Å². The van der Waals surface area contributed by atoms with Crippen LogP contribution in [0.3, 0.4) is 0 Å². The molecule has 0 fully saturated rings.